The largest absolute Gasteiger partial charge is 0.490 e. The number of ether oxygens (including phenoxy) is 1. The number of carbonyl (C=O) groups is 3. The third-order valence-electron chi connectivity index (χ3n) is 6.75. The van der Waals surface area contributed by atoms with Crippen LogP contribution < -0.4 is 15.4 Å². The van der Waals surface area contributed by atoms with E-state index in [2.05, 4.69) is 10.6 Å². The van der Waals surface area contributed by atoms with E-state index >= 15 is 0 Å². The van der Waals surface area contributed by atoms with E-state index in [9.17, 15) is 27.6 Å². The normalized spacial score (nSPS) is 21.4. The molecular formula is C28H29F3N2O5S. The first-order valence-electron chi connectivity index (χ1n) is 12.7. The zero-order valence-corrected chi connectivity index (χ0v) is 21.8. The minimum absolute atomic E-state index is 0.0306. The molecule has 0 bridgehead atoms. The van der Waals surface area contributed by atoms with E-state index in [1.807, 2.05) is 0 Å². The molecule has 2 aromatic rings. The summed E-state index contributed by atoms with van der Waals surface area (Å²) < 4.78 is 46.7. The Bertz CT molecular complexity index is 1210. The van der Waals surface area contributed by atoms with Gasteiger partial charge in [0.2, 0.25) is 5.91 Å². The number of carboxylic acids is 1. The number of hydrogen-bond acceptors (Lipinski definition) is 5. The number of amides is 2. The number of hydrogen-bond donors (Lipinski definition) is 3. The molecule has 208 valence electrons. The first-order chi connectivity index (χ1) is 18.6. The molecule has 39 heavy (non-hydrogen) atoms. The molecule has 4 rings (SSSR count). The Morgan fingerprint density at radius 3 is 2.18 bits per heavy atom. The highest BCUT2D eigenvalue weighted by atomic mass is 32.2. The molecule has 0 aromatic heterocycles. The van der Waals surface area contributed by atoms with E-state index in [4.69, 9.17) is 9.84 Å². The van der Waals surface area contributed by atoms with Gasteiger partial charge in [0.05, 0.1) is 22.2 Å². The van der Waals surface area contributed by atoms with Gasteiger partial charge in [-0.05, 0) is 67.5 Å². The van der Waals surface area contributed by atoms with Gasteiger partial charge >= 0.3 is 12.1 Å². The van der Waals surface area contributed by atoms with Gasteiger partial charge in [-0.25, -0.2) is 0 Å². The fourth-order valence-electron chi connectivity index (χ4n) is 4.69. The lowest BCUT2D eigenvalue weighted by molar-refractivity contribution is -0.143. The molecule has 1 unspecified atom stereocenters. The first-order valence-corrected chi connectivity index (χ1v) is 13.6. The molecule has 1 aliphatic carbocycles. The van der Waals surface area contributed by atoms with Crippen LogP contribution in [-0.4, -0.2) is 53.5 Å². The molecule has 1 atom stereocenters. The number of thioether (sulfide) groups is 1. The van der Waals surface area contributed by atoms with E-state index in [1.54, 1.807) is 54.6 Å². The van der Waals surface area contributed by atoms with Crippen molar-refractivity contribution in [3.63, 3.8) is 0 Å². The van der Waals surface area contributed by atoms with Crippen molar-refractivity contribution in [1.29, 1.82) is 0 Å². The molecular weight excluding hydrogens is 533 g/mol. The Hall–Kier alpha value is -3.47. The topological polar surface area (TPSA) is 105 Å². The highest BCUT2D eigenvalue weighted by Crippen LogP contribution is 2.50. The molecule has 7 nitrogen and oxygen atoms in total. The van der Waals surface area contributed by atoms with Gasteiger partial charge in [-0.1, -0.05) is 30.3 Å². The van der Waals surface area contributed by atoms with Crippen LogP contribution in [0.15, 0.2) is 59.5 Å². The first kappa shape index (κ1) is 28.5. The fraction of sp³-hybridized carbons (Fsp3) is 0.393. The van der Waals surface area contributed by atoms with Crippen molar-refractivity contribution in [2.75, 3.05) is 13.1 Å². The Morgan fingerprint density at radius 2 is 1.56 bits per heavy atom. The van der Waals surface area contributed by atoms with Crippen molar-refractivity contribution in [2.45, 2.75) is 49.6 Å². The highest BCUT2D eigenvalue weighted by molar-refractivity contribution is 8.05. The summed E-state index contributed by atoms with van der Waals surface area (Å²) in [5.41, 5.74) is 0.949. The van der Waals surface area contributed by atoms with Crippen LogP contribution in [-0.2, 0) is 9.59 Å². The number of carboxylic acid groups (broad SMARTS) is 1. The van der Waals surface area contributed by atoms with E-state index in [0.717, 1.165) is 0 Å². The number of rotatable bonds is 9. The number of aliphatic carboxylic acids is 1. The molecule has 0 radical (unpaired) electrons. The maximum Gasteiger partial charge on any atom is 0.422 e. The van der Waals surface area contributed by atoms with Crippen LogP contribution in [0.2, 0.25) is 0 Å². The summed E-state index contributed by atoms with van der Waals surface area (Å²) in [5, 5.41) is 13.5. The SMILES string of the molecule is O=C(NCCNC(=O)C1CC(c2ccccc2)=C(C(F)(F)F)S1)c1ccc(O[C@H]2CC[C@@H](C(=O)O)CC2)cc1. The number of halogens is 3. The average Bonchev–Trinajstić information content (AvgIpc) is 3.39. The number of carbonyl (C=O) groups excluding carboxylic acids is 2. The maximum absolute atomic E-state index is 13.6. The molecule has 0 spiro atoms. The minimum Gasteiger partial charge on any atom is -0.490 e. The molecule has 1 aliphatic heterocycles. The van der Waals surface area contributed by atoms with Crippen LogP contribution in [0, 0.1) is 5.92 Å². The lowest BCUT2D eigenvalue weighted by Crippen LogP contribution is -2.38. The summed E-state index contributed by atoms with van der Waals surface area (Å²) in [6, 6.07) is 14.8. The second kappa shape index (κ2) is 12.6. The zero-order valence-electron chi connectivity index (χ0n) is 21.0. The Kier molecular flexibility index (Phi) is 9.21. The molecule has 0 saturated heterocycles. The highest BCUT2D eigenvalue weighted by Gasteiger charge is 2.44. The fourth-order valence-corrected chi connectivity index (χ4v) is 5.89. The van der Waals surface area contributed by atoms with Gasteiger partial charge in [-0.15, -0.1) is 11.8 Å². The second-order valence-electron chi connectivity index (χ2n) is 9.48. The predicted octanol–water partition coefficient (Wildman–Crippen LogP) is 5.03. The quantitative estimate of drug-likeness (QED) is 0.370. The monoisotopic (exact) mass is 562 g/mol. The summed E-state index contributed by atoms with van der Waals surface area (Å²) in [6.07, 6.45) is -2.17. The van der Waals surface area contributed by atoms with Gasteiger partial charge in [-0.2, -0.15) is 13.2 Å². The van der Waals surface area contributed by atoms with E-state index < -0.39 is 28.2 Å². The summed E-state index contributed by atoms with van der Waals surface area (Å²) >= 11 is 0.522. The Morgan fingerprint density at radius 1 is 0.923 bits per heavy atom. The molecule has 1 saturated carbocycles. The predicted molar refractivity (Wildman–Crippen MR) is 141 cm³/mol. The van der Waals surface area contributed by atoms with Gasteiger partial charge < -0.3 is 20.5 Å². The molecule has 2 aliphatic rings. The minimum atomic E-state index is -4.54. The third-order valence-corrected chi connectivity index (χ3v) is 8.13. The molecule has 3 N–H and O–H groups in total. The van der Waals surface area contributed by atoms with Gasteiger partial charge in [-0.3, -0.25) is 14.4 Å². The smallest absolute Gasteiger partial charge is 0.422 e. The molecule has 2 amide bonds. The summed E-state index contributed by atoms with van der Waals surface area (Å²) in [4.78, 5) is 35.4. The van der Waals surface area contributed by atoms with Crippen LogP contribution in [0.25, 0.3) is 5.57 Å². The zero-order chi connectivity index (χ0) is 28.0. The van der Waals surface area contributed by atoms with Crippen LogP contribution in [0.5, 0.6) is 5.75 Å². The van der Waals surface area contributed by atoms with E-state index in [-0.39, 0.29) is 43.0 Å². The number of nitrogens with one attached hydrogen (secondary N) is 2. The van der Waals surface area contributed by atoms with Crippen LogP contribution in [0.4, 0.5) is 13.2 Å². The van der Waals surface area contributed by atoms with Crippen molar-refractivity contribution in [3.05, 3.63) is 70.6 Å². The van der Waals surface area contributed by atoms with Crippen LogP contribution in [0.1, 0.15) is 48.0 Å². The lowest BCUT2D eigenvalue weighted by Gasteiger charge is -2.26. The third kappa shape index (κ3) is 7.56. The van der Waals surface area contributed by atoms with Crippen molar-refractivity contribution >= 4 is 35.1 Å². The van der Waals surface area contributed by atoms with Crippen molar-refractivity contribution in [2.24, 2.45) is 5.92 Å². The van der Waals surface area contributed by atoms with Crippen LogP contribution in [0.3, 0.4) is 0 Å². The molecule has 1 heterocycles. The van der Waals surface area contributed by atoms with Gasteiger partial charge in [0.25, 0.3) is 5.91 Å². The van der Waals surface area contributed by atoms with Gasteiger partial charge in [0.1, 0.15) is 5.75 Å². The number of benzene rings is 2. The summed E-state index contributed by atoms with van der Waals surface area (Å²) in [6.45, 7) is 0.183. The lowest BCUT2D eigenvalue weighted by atomic mass is 9.87. The number of allylic oxidation sites excluding steroid dienone is 2. The van der Waals surface area contributed by atoms with Crippen molar-refractivity contribution in [3.8, 4) is 5.75 Å². The average molecular weight is 563 g/mol. The summed E-state index contributed by atoms with van der Waals surface area (Å²) in [7, 11) is 0. The number of alkyl halides is 3. The van der Waals surface area contributed by atoms with E-state index in [1.165, 1.54) is 0 Å². The second-order valence-corrected chi connectivity index (χ2v) is 10.7. The van der Waals surface area contributed by atoms with Crippen molar-refractivity contribution in [1.82, 2.24) is 10.6 Å². The van der Waals surface area contributed by atoms with Crippen molar-refractivity contribution < 1.29 is 37.4 Å². The maximum atomic E-state index is 13.6. The summed E-state index contributed by atoms with van der Waals surface area (Å²) in [5.74, 6) is -1.38. The molecule has 11 heteroatoms. The standard InChI is InChI=1S/C28H29F3N2O5S/c29-28(30,31)24-22(17-4-2-1-3-5-17)16-23(39-24)26(35)33-15-14-32-25(34)18-6-10-20(11-7-18)38-21-12-8-19(9-13-21)27(36)37/h1-7,10-11,19,21,23H,8-9,12-16H2,(H,32,34)(H,33,35)(H,36,37)/t19-,21+,23?. The molecule has 2 aromatic carbocycles. The van der Waals surface area contributed by atoms with Crippen LogP contribution >= 0.6 is 11.8 Å². The van der Waals surface area contributed by atoms with E-state index in [0.29, 0.717) is 54.3 Å². The molecule has 1 fully saturated rings. The Balaban J connectivity index is 1.20. The van der Waals surface area contributed by atoms with Gasteiger partial charge in [0, 0.05) is 18.7 Å². The van der Waals surface area contributed by atoms with Gasteiger partial charge in [0.15, 0.2) is 0 Å². The Labute approximate surface area is 228 Å².